The van der Waals surface area contributed by atoms with Crippen LogP contribution in [0.15, 0.2) is 42.5 Å². The fraction of sp³-hybridized carbons (Fsp3) is 0.188. The Morgan fingerprint density at radius 1 is 1.29 bits per heavy atom. The zero-order valence-corrected chi connectivity index (χ0v) is 12.0. The van der Waals surface area contributed by atoms with Gasteiger partial charge in [0.1, 0.15) is 0 Å². The van der Waals surface area contributed by atoms with Crippen LogP contribution in [-0.2, 0) is 4.79 Å². The summed E-state index contributed by atoms with van der Waals surface area (Å²) < 4.78 is 0. The van der Waals surface area contributed by atoms with Crippen molar-refractivity contribution < 1.29 is 9.59 Å². The van der Waals surface area contributed by atoms with Gasteiger partial charge < -0.3 is 10.6 Å². The molecule has 0 aliphatic rings. The molecule has 2 rings (SSSR count). The molecular weight excluding hydrogens is 266 g/mol. The molecule has 0 fully saturated rings. The second-order valence-electron chi connectivity index (χ2n) is 4.55. The summed E-state index contributed by atoms with van der Waals surface area (Å²) in [6.07, 6.45) is 2.99. The van der Waals surface area contributed by atoms with Crippen molar-refractivity contribution in [2.45, 2.75) is 6.92 Å². The van der Waals surface area contributed by atoms with E-state index < -0.39 is 0 Å². The standard InChI is InChI=1S/C16H17N3O2/c1-11-10-13(12-6-3-4-7-14(12)19-11)16(21)18-9-5-8-15(20)17-2/h3-8,10H,9H2,1-2H3,(H,17,20)(H,18,21). The number of benzene rings is 1. The van der Waals surface area contributed by atoms with E-state index in [9.17, 15) is 9.59 Å². The highest BCUT2D eigenvalue weighted by Crippen LogP contribution is 2.17. The average molecular weight is 283 g/mol. The van der Waals surface area contributed by atoms with Crippen LogP contribution in [0, 0.1) is 6.92 Å². The summed E-state index contributed by atoms with van der Waals surface area (Å²) in [4.78, 5) is 27.7. The molecule has 21 heavy (non-hydrogen) atoms. The fourth-order valence-electron chi connectivity index (χ4n) is 1.99. The Morgan fingerprint density at radius 3 is 2.81 bits per heavy atom. The maximum atomic E-state index is 12.3. The van der Waals surface area contributed by atoms with E-state index >= 15 is 0 Å². The monoisotopic (exact) mass is 283 g/mol. The molecule has 0 aliphatic carbocycles. The molecule has 1 aromatic heterocycles. The number of hydrogen-bond donors (Lipinski definition) is 2. The van der Waals surface area contributed by atoms with E-state index in [2.05, 4.69) is 15.6 Å². The van der Waals surface area contributed by atoms with Gasteiger partial charge in [0.25, 0.3) is 5.91 Å². The molecular formula is C16H17N3O2. The molecule has 1 aromatic carbocycles. The number of pyridine rings is 1. The number of fused-ring (bicyclic) bond motifs is 1. The molecule has 0 saturated heterocycles. The minimum atomic E-state index is -0.200. The first-order chi connectivity index (χ1) is 10.1. The number of carbonyl (C=O) groups excluding carboxylic acids is 2. The molecule has 5 heteroatoms. The first-order valence-electron chi connectivity index (χ1n) is 6.64. The van der Waals surface area contributed by atoms with Gasteiger partial charge in [0, 0.05) is 30.7 Å². The van der Waals surface area contributed by atoms with E-state index in [0.29, 0.717) is 12.1 Å². The maximum Gasteiger partial charge on any atom is 0.252 e. The minimum Gasteiger partial charge on any atom is -0.356 e. The average Bonchev–Trinajstić information content (AvgIpc) is 2.50. The molecule has 0 aliphatic heterocycles. The van der Waals surface area contributed by atoms with Crippen molar-refractivity contribution in [1.29, 1.82) is 0 Å². The lowest BCUT2D eigenvalue weighted by molar-refractivity contribution is -0.116. The Balaban J connectivity index is 2.16. The molecule has 1 heterocycles. The Bertz CT molecular complexity index is 708. The van der Waals surface area contributed by atoms with Gasteiger partial charge in [-0.3, -0.25) is 14.6 Å². The van der Waals surface area contributed by atoms with Gasteiger partial charge in [-0.25, -0.2) is 0 Å². The summed E-state index contributed by atoms with van der Waals surface area (Å²) >= 11 is 0. The highest BCUT2D eigenvalue weighted by atomic mass is 16.2. The number of carbonyl (C=O) groups is 2. The lowest BCUT2D eigenvalue weighted by Gasteiger charge is -2.07. The number of nitrogens with one attached hydrogen (secondary N) is 2. The zero-order chi connectivity index (χ0) is 15.2. The lowest BCUT2D eigenvalue weighted by atomic mass is 10.1. The summed E-state index contributed by atoms with van der Waals surface area (Å²) in [7, 11) is 1.55. The van der Waals surface area contributed by atoms with Crippen LogP contribution >= 0.6 is 0 Å². The summed E-state index contributed by atoms with van der Waals surface area (Å²) in [5, 5.41) is 6.05. The number of likely N-dealkylation sites (N-methyl/N-ethyl adjacent to an activating group) is 1. The quantitative estimate of drug-likeness (QED) is 0.837. The van der Waals surface area contributed by atoms with Gasteiger partial charge in [0.05, 0.1) is 11.1 Å². The van der Waals surface area contributed by atoms with E-state index in [4.69, 9.17) is 0 Å². The molecule has 0 radical (unpaired) electrons. The molecule has 5 nitrogen and oxygen atoms in total. The molecule has 0 saturated carbocycles. The molecule has 0 bridgehead atoms. The summed E-state index contributed by atoms with van der Waals surface area (Å²) in [5.41, 5.74) is 2.18. The molecule has 0 unspecified atom stereocenters. The predicted octanol–water partition coefficient (Wildman–Crippen LogP) is 1.58. The van der Waals surface area contributed by atoms with E-state index in [1.165, 1.54) is 6.08 Å². The third-order valence-electron chi connectivity index (χ3n) is 2.98. The molecule has 0 spiro atoms. The Kier molecular flexibility index (Phi) is 4.66. The fourth-order valence-corrected chi connectivity index (χ4v) is 1.99. The predicted molar refractivity (Wildman–Crippen MR) is 82.0 cm³/mol. The Labute approximate surface area is 123 Å². The normalized spacial score (nSPS) is 10.8. The number of hydrogen-bond acceptors (Lipinski definition) is 3. The molecule has 108 valence electrons. The third kappa shape index (κ3) is 3.66. The van der Waals surface area contributed by atoms with Gasteiger partial charge in [0.2, 0.25) is 5.91 Å². The topological polar surface area (TPSA) is 71.1 Å². The van der Waals surface area contributed by atoms with Crippen molar-refractivity contribution in [3.63, 3.8) is 0 Å². The van der Waals surface area contributed by atoms with Crippen molar-refractivity contribution >= 4 is 22.7 Å². The minimum absolute atomic E-state index is 0.182. The van der Waals surface area contributed by atoms with Gasteiger partial charge in [0.15, 0.2) is 0 Å². The largest absolute Gasteiger partial charge is 0.356 e. The highest BCUT2D eigenvalue weighted by Gasteiger charge is 2.10. The number of amides is 2. The lowest BCUT2D eigenvalue weighted by Crippen LogP contribution is -2.24. The van der Waals surface area contributed by atoms with Crippen LogP contribution in [0.1, 0.15) is 16.1 Å². The summed E-state index contributed by atoms with van der Waals surface area (Å²) in [6, 6.07) is 9.28. The van der Waals surface area contributed by atoms with Crippen molar-refractivity contribution in [2.75, 3.05) is 13.6 Å². The Hall–Kier alpha value is -2.69. The number of rotatable bonds is 4. The SMILES string of the molecule is CNC(=O)C=CCNC(=O)c1cc(C)nc2ccccc12. The van der Waals surface area contributed by atoms with Gasteiger partial charge in [-0.15, -0.1) is 0 Å². The van der Waals surface area contributed by atoms with Crippen LogP contribution < -0.4 is 10.6 Å². The van der Waals surface area contributed by atoms with Crippen LogP contribution in [-0.4, -0.2) is 30.4 Å². The van der Waals surface area contributed by atoms with Crippen molar-refractivity contribution in [2.24, 2.45) is 0 Å². The first-order valence-corrected chi connectivity index (χ1v) is 6.64. The summed E-state index contributed by atoms with van der Waals surface area (Å²) in [6.45, 7) is 2.15. The van der Waals surface area contributed by atoms with Crippen LogP contribution in [0.4, 0.5) is 0 Å². The van der Waals surface area contributed by atoms with Crippen LogP contribution in [0.3, 0.4) is 0 Å². The molecule has 2 N–H and O–H groups in total. The van der Waals surface area contributed by atoms with Gasteiger partial charge >= 0.3 is 0 Å². The second kappa shape index (κ2) is 6.65. The van der Waals surface area contributed by atoms with E-state index in [1.807, 2.05) is 31.2 Å². The smallest absolute Gasteiger partial charge is 0.252 e. The van der Waals surface area contributed by atoms with Crippen molar-refractivity contribution in [3.8, 4) is 0 Å². The highest BCUT2D eigenvalue weighted by molar-refractivity contribution is 6.06. The Morgan fingerprint density at radius 2 is 2.05 bits per heavy atom. The number of aromatic nitrogens is 1. The van der Waals surface area contributed by atoms with Crippen LogP contribution in [0.25, 0.3) is 10.9 Å². The van der Waals surface area contributed by atoms with Gasteiger partial charge in [-0.05, 0) is 19.1 Å². The number of para-hydroxylation sites is 1. The number of nitrogens with zero attached hydrogens (tertiary/aromatic N) is 1. The van der Waals surface area contributed by atoms with Crippen molar-refractivity contribution in [3.05, 3.63) is 53.7 Å². The summed E-state index contributed by atoms with van der Waals surface area (Å²) in [5.74, 6) is -0.382. The third-order valence-corrected chi connectivity index (χ3v) is 2.98. The van der Waals surface area contributed by atoms with E-state index in [0.717, 1.165) is 16.6 Å². The molecule has 2 amide bonds. The van der Waals surface area contributed by atoms with Crippen molar-refractivity contribution in [1.82, 2.24) is 15.6 Å². The maximum absolute atomic E-state index is 12.3. The van der Waals surface area contributed by atoms with Crippen LogP contribution in [0.5, 0.6) is 0 Å². The number of aryl methyl sites for hydroxylation is 1. The van der Waals surface area contributed by atoms with E-state index in [1.54, 1.807) is 19.2 Å². The van der Waals surface area contributed by atoms with Gasteiger partial charge in [-0.1, -0.05) is 24.3 Å². The molecule has 0 atom stereocenters. The zero-order valence-electron chi connectivity index (χ0n) is 12.0. The van der Waals surface area contributed by atoms with E-state index in [-0.39, 0.29) is 11.8 Å². The van der Waals surface area contributed by atoms with Crippen LogP contribution in [0.2, 0.25) is 0 Å². The van der Waals surface area contributed by atoms with Gasteiger partial charge in [-0.2, -0.15) is 0 Å². The molecule has 2 aromatic rings. The second-order valence-corrected chi connectivity index (χ2v) is 4.55. The first kappa shape index (κ1) is 14.7.